The molecule has 0 aromatic heterocycles. The zero-order valence-corrected chi connectivity index (χ0v) is 15.8. The maximum absolute atomic E-state index is 12.7. The van der Waals surface area contributed by atoms with Crippen molar-refractivity contribution in [3.05, 3.63) is 66.2 Å². The highest BCUT2D eigenvalue weighted by Crippen LogP contribution is 2.22. The maximum Gasteiger partial charge on any atom is 0.265 e. The molecule has 0 bridgehead atoms. The lowest BCUT2D eigenvalue weighted by Gasteiger charge is -2.22. The number of hydrogen-bond donors (Lipinski definition) is 1. The van der Waals surface area contributed by atoms with E-state index in [1.165, 1.54) is 32.1 Å². The summed E-state index contributed by atoms with van der Waals surface area (Å²) in [5.74, 6) is 0.560. The molecule has 4 heteroatoms. The van der Waals surface area contributed by atoms with E-state index in [9.17, 15) is 4.79 Å². The lowest BCUT2D eigenvalue weighted by atomic mass is 9.98. The third kappa shape index (κ3) is 6.40. The van der Waals surface area contributed by atoms with Crippen LogP contribution in [0.1, 0.15) is 50.2 Å². The first-order chi connectivity index (χ1) is 13.3. The van der Waals surface area contributed by atoms with E-state index in [-0.39, 0.29) is 5.91 Å². The Morgan fingerprint density at radius 3 is 2.33 bits per heavy atom. The minimum absolute atomic E-state index is 0.122. The van der Waals surface area contributed by atoms with E-state index in [0.29, 0.717) is 25.0 Å². The molecule has 1 saturated carbocycles. The SMILES string of the molecule is O=C(NCCCOC1CCCCC1)C(Oc1ccccc1)c1ccccc1. The second kappa shape index (κ2) is 10.7. The van der Waals surface area contributed by atoms with Gasteiger partial charge in [0.15, 0.2) is 0 Å². The number of carbonyl (C=O) groups excluding carboxylic acids is 1. The highest BCUT2D eigenvalue weighted by molar-refractivity contribution is 5.82. The first kappa shape index (κ1) is 19.4. The van der Waals surface area contributed by atoms with Crippen molar-refractivity contribution in [1.29, 1.82) is 0 Å². The van der Waals surface area contributed by atoms with Crippen molar-refractivity contribution in [2.75, 3.05) is 13.2 Å². The summed E-state index contributed by atoms with van der Waals surface area (Å²) < 4.78 is 11.9. The van der Waals surface area contributed by atoms with Crippen LogP contribution in [0.3, 0.4) is 0 Å². The van der Waals surface area contributed by atoms with Crippen LogP contribution in [-0.4, -0.2) is 25.2 Å². The first-order valence-electron chi connectivity index (χ1n) is 9.99. The lowest BCUT2D eigenvalue weighted by molar-refractivity contribution is -0.128. The van der Waals surface area contributed by atoms with Gasteiger partial charge in [-0.25, -0.2) is 0 Å². The summed E-state index contributed by atoms with van der Waals surface area (Å²) in [5, 5.41) is 3.00. The van der Waals surface area contributed by atoms with Gasteiger partial charge in [0.1, 0.15) is 5.75 Å². The highest BCUT2D eigenvalue weighted by Gasteiger charge is 2.22. The fourth-order valence-electron chi connectivity index (χ4n) is 3.39. The maximum atomic E-state index is 12.7. The van der Waals surface area contributed by atoms with Gasteiger partial charge >= 0.3 is 0 Å². The minimum Gasteiger partial charge on any atom is -0.476 e. The van der Waals surface area contributed by atoms with Gasteiger partial charge in [-0.1, -0.05) is 67.8 Å². The van der Waals surface area contributed by atoms with E-state index in [1.54, 1.807) is 0 Å². The van der Waals surface area contributed by atoms with Crippen molar-refractivity contribution < 1.29 is 14.3 Å². The van der Waals surface area contributed by atoms with Crippen molar-refractivity contribution in [1.82, 2.24) is 5.32 Å². The van der Waals surface area contributed by atoms with E-state index < -0.39 is 6.10 Å². The van der Waals surface area contributed by atoms with Gasteiger partial charge in [-0.3, -0.25) is 4.79 Å². The summed E-state index contributed by atoms with van der Waals surface area (Å²) in [5.41, 5.74) is 0.845. The van der Waals surface area contributed by atoms with Crippen molar-refractivity contribution in [3.63, 3.8) is 0 Å². The van der Waals surface area contributed by atoms with E-state index >= 15 is 0 Å². The fraction of sp³-hybridized carbons (Fsp3) is 0.435. The van der Waals surface area contributed by atoms with Crippen LogP contribution in [0.15, 0.2) is 60.7 Å². The second-order valence-corrected chi connectivity index (χ2v) is 7.00. The monoisotopic (exact) mass is 367 g/mol. The summed E-state index contributed by atoms with van der Waals surface area (Å²) in [6, 6.07) is 19.1. The minimum atomic E-state index is -0.659. The molecule has 27 heavy (non-hydrogen) atoms. The molecule has 1 fully saturated rings. The molecule has 0 aliphatic heterocycles. The predicted molar refractivity (Wildman–Crippen MR) is 107 cm³/mol. The van der Waals surface area contributed by atoms with E-state index in [0.717, 1.165) is 12.0 Å². The molecular formula is C23H29NO3. The Morgan fingerprint density at radius 2 is 1.63 bits per heavy atom. The van der Waals surface area contributed by atoms with Crippen LogP contribution in [0, 0.1) is 0 Å². The molecule has 1 amide bonds. The normalized spacial score (nSPS) is 15.9. The number of amides is 1. The molecule has 1 atom stereocenters. The molecule has 1 unspecified atom stereocenters. The van der Waals surface area contributed by atoms with Crippen molar-refractivity contribution in [3.8, 4) is 5.75 Å². The van der Waals surface area contributed by atoms with E-state index in [4.69, 9.17) is 9.47 Å². The Kier molecular flexibility index (Phi) is 7.72. The molecule has 4 nitrogen and oxygen atoms in total. The van der Waals surface area contributed by atoms with Crippen molar-refractivity contribution >= 4 is 5.91 Å². The van der Waals surface area contributed by atoms with E-state index in [2.05, 4.69) is 5.32 Å². The van der Waals surface area contributed by atoms with Crippen LogP contribution in [0.4, 0.5) is 0 Å². The highest BCUT2D eigenvalue weighted by atomic mass is 16.5. The van der Waals surface area contributed by atoms with Crippen LogP contribution in [0.25, 0.3) is 0 Å². The quantitative estimate of drug-likeness (QED) is 0.656. The van der Waals surface area contributed by atoms with Gasteiger partial charge in [-0.05, 0) is 31.4 Å². The van der Waals surface area contributed by atoms with Crippen LogP contribution in [0.2, 0.25) is 0 Å². The summed E-state index contributed by atoms with van der Waals surface area (Å²) in [7, 11) is 0. The van der Waals surface area contributed by atoms with Gasteiger partial charge in [0.05, 0.1) is 6.10 Å². The number of benzene rings is 2. The molecule has 0 heterocycles. The van der Waals surface area contributed by atoms with E-state index in [1.807, 2.05) is 60.7 Å². The molecule has 1 aliphatic rings. The average molecular weight is 367 g/mol. The van der Waals surface area contributed by atoms with Crippen molar-refractivity contribution in [2.24, 2.45) is 0 Å². The van der Waals surface area contributed by atoms with Crippen LogP contribution in [-0.2, 0) is 9.53 Å². The number of nitrogens with one attached hydrogen (secondary N) is 1. The van der Waals surface area contributed by atoms with Crippen molar-refractivity contribution in [2.45, 2.75) is 50.7 Å². The van der Waals surface area contributed by atoms with Gasteiger partial charge in [-0.15, -0.1) is 0 Å². The van der Waals surface area contributed by atoms with Crippen LogP contribution in [0.5, 0.6) is 5.75 Å². The smallest absolute Gasteiger partial charge is 0.265 e. The number of hydrogen-bond acceptors (Lipinski definition) is 3. The van der Waals surface area contributed by atoms with Gasteiger partial charge in [0.25, 0.3) is 5.91 Å². The van der Waals surface area contributed by atoms with Gasteiger partial charge < -0.3 is 14.8 Å². The predicted octanol–water partition coefficient (Wildman–Crippen LogP) is 4.66. The fourth-order valence-corrected chi connectivity index (χ4v) is 3.39. The van der Waals surface area contributed by atoms with Gasteiger partial charge in [0, 0.05) is 18.7 Å². The van der Waals surface area contributed by atoms with Gasteiger partial charge in [-0.2, -0.15) is 0 Å². The average Bonchev–Trinajstić information content (AvgIpc) is 2.74. The van der Waals surface area contributed by atoms with Crippen LogP contribution >= 0.6 is 0 Å². The zero-order valence-electron chi connectivity index (χ0n) is 15.8. The Balaban J connectivity index is 1.48. The molecule has 2 aromatic carbocycles. The molecule has 0 spiro atoms. The molecule has 3 rings (SSSR count). The number of para-hydroxylation sites is 1. The molecule has 144 valence electrons. The number of carbonyl (C=O) groups is 1. The third-order valence-electron chi connectivity index (χ3n) is 4.86. The largest absolute Gasteiger partial charge is 0.476 e. The third-order valence-corrected chi connectivity index (χ3v) is 4.86. The molecule has 1 aliphatic carbocycles. The summed E-state index contributed by atoms with van der Waals surface area (Å²) in [6.45, 7) is 1.29. The molecule has 0 saturated heterocycles. The molecule has 1 N–H and O–H groups in total. The molecular weight excluding hydrogens is 338 g/mol. The Bertz CT molecular complexity index is 669. The second-order valence-electron chi connectivity index (χ2n) is 7.00. The standard InChI is InChI=1S/C23H29NO3/c25-23(24-17-10-18-26-20-13-6-2-7-14-20)22(19-11-4-1-5-12-19)27-21-15-8-3-9-16-21/h1,3-5,8-9,11-12,15-16,20,22H,2,6-7,10,13-14,17-18H2,(H,24,25). The topological polar surface area (TPSA) is 47.6 Å². The Labute approximate surface area is 161 Å². The first-order valence-corrected chi connectivity index (χ1v) is 9.99. The number of rotatable bonds is 9. The molecule has 0 radical (unpaired) electrons. The van der Waals surface area contributed by atoms with Crippen LogP contribution < -0.4 is 10.1 Å². The number of ether oxygens (including phenoxy) is 2. The Hall–Kier alpha value is -2.33. The Morgan fingerprint density at radius 1 is 0.963 bits per heavy atom. The summed E-state index contributed by atoms with van der Waals surface area (Å²) >= 11 is 0. The zero-order chi connectivity index (χ0) is 18.7. The van der Waals surface area contributed by atoms with Gasteiger partial charge in [0.2, 0.25) is 6.10 Å². The molecule has 2 aromatic rings. The summed E-state index contributed by atoms with van der Waals surface area (Å²) in [4.78, 5) is 12.7. The summed E-state index contributed by atoms with van der Waals surface area (Å²) in [6.07, 6.45) is 6.79. The lowest BCUT2D eigenvalue weighted by Crippen LogP contribution is -2.33.